The van der Waals surface area contributed by atoms with Crippen LogP contribution < -0.4 is 10.3 Å². The van der Waals surface area contributed by atoms with Gasteiger partial charge < -0.3 is 4.90 Å². The molecular formula is C20H24BrN4O3S+. The zero-order valence-corrected chi connectivity index (χ0v) is 18.5. The highest BCUT2D eigenvalue weighted by atomic mass is 79.9. The lowest BCUT2D eigenvalue weighted by atomic mass is 10.1. The average Bonchev–Trinajstić information content (AvgIpc) is 2.70. The van der Waals surface area contributed by atoms with Gasteiger partial charge in [0.15, 0.2) is 6.54 Å². The van der Waals surface area contributed by atoms with E-state index in [9.17, 15) is 13.2 Å². The van der Waals surface area contributed by atoms with Gasteiger partial charge in [0.05, 0.1) is 37.3 Å². The molecule has 9 heteroatoms. The van der Waals surface area contributed by atoms with E-state index in [4.69, 9.17) is 0 Å². The molecule has 0 unspecified atom stereocenters. The molecule has 3 rings (SSSR count). The second kappa shape index (κ2) is 9.62. The second-order valence-corrected chi connectivity index (χ2v) is 9.79. The van der Waals surface area contributed by atoms with Gasteiger partial charge in [0.2, 0.25) is 10.0 Å². The van der Waals surface area contributed by atoms with Crippen molar-refractivity contribution in [3.63, 3.8) is 0 Å². The molecule has 1 saturated heterocycles. The molecule has 0 spiro atoms. The van der Waals surface area contributed by atoms with Gasteiger partial charge in [0.1, 0.15) is 0 Å². The van der Waals surface area contributed by atoms with Crippen LogP contribution in [0.2, 0.25) is 0 Å². The number of piperazine rings is 1. The Kier molecular flexibility index (Phi) is 7.18. The number of amides is 1. The zero-order valence-electron chi connectivity index (χ0n) is 16.1. The van der Waals surface area contributed by atoms with Gasteiger partial charge in [-0.25, -0.2) is 13.8 Å². The molecule has 154 valence electrons. The molecule has 0 radical (unpaired) electrons. The van der Waals surface area contributed by atoms with E-state index in [1.54, 1.807) is 30.5 Å². The summed E-state index contributed by atoms with van der Waals surface area (Å²) < 4.78 is 27.8. The fourth-order valence-electron chi connectivity index (χ4n) is 3.15. The van der Waals surface area contributed by atoms with Crippen LogP contribution in [0.25, 0.3) is 0 Å². The molecule has 2 aromatic rings. The van der Waals surface area contributed by atoms with Gasteiger partial charge in [-0.15, -0.1) is 0 Å². The molecular weight excluding hydrogens is 456 g/mol. The molecule has 0 atom stereocenters. The van der Waals surface area contributed by atoms with E-state index >= 15 is 0 Å². The Bertz CT molecular complexity index is 985. The van der Waals surface area contributed by atoms with Gasteiger partial charge in [-0.3, -0.25) is 4.79 Å². The standard InChI is InChI=1S/C20H23BrN4O3S/c1-16-4-2-3-5-17(16)14-22-23-20(26)15-24-10-12-25(13-11-24)29(27,28)19-8-6-18(21)7-9-19/h2-9,14H,10-13,15H2,1H3,(H,23,26)/p+1/b22-14-. The lowest BCUT2D eigenvalue weighted by Gasteiger charge is -2.31. The number of carbonyl (C=O) groups excluding carboxylic acids is 1. The van der Waals surface area contributed by atoms with Crippen molar-refractivity contribution in [2.45, 2.75) is 11.8 Å². The summed E-state index contributed by atoms with van der Waals surface area (Å²) >= 11 is 3.31. The number of aryl methyl sites for hydroxylation is 1. The van der Waals surface area contributed by atoms with Crippen LogP contribution in [0.3, 0.4) is 0 Å². The molecule has 29 heavy (non-hydrogen) atoms. The number of carbonyl (C=O) groups is 1. The van der Waals surface area contributed by atoms with Crippen molar-refractivity contribution in [1.29, 1.82) is 0 Å². The SMILES string of the molecule is Cc1ccccc1/C=N\NC(=O)C[NH+]1CCN(S(=O)(=O)c2ccc(Br)cc2)CC1. The first kappa shape index (κ1) is 21.6. The maximum absolute atomic E-state index is 12.7. The molecule has 1 aliphatic heterocycles. The molecule has 2 N–H and O–H groups in total. The topological polar surface area (TPSA) is 83.3 Å². The van der Waals surface area contributed by atoms with Crippen molar-refractivity contribution in [2.24, 2.45) is 5.10 Å². The number of hydrogen-bond donors (Lipinski definition) is 2. The quantitative estimate of drug-likeness (QED) is 0.474. The zero-order chi connectivity index (χ0) is 20.9. The smallest absolute Gasteiger partial charge is 0.295 e. The van der Waals surface area contributed by atoms with E-state index < -0.39 is 10.0 Å². The van der Waals surface area contributed by atoms with E-state index in [0.29, 0.717) is 26.2 Å². The van der Waals surface area contributed by atoms with Gasteiger partial charge in [-0.1, -0.05) is 40.2 Å². The van der Waals surface area contributed by atoms with Gasteiger partial charge in [0, 0.05) is 4.47 Å². The average molecular weight is 480 g/mol. The summed E-state index contributed by atoms with van der Waals surface area (Å²) in [6, 6.07) is 14.4. The molecule has 1 heterocycles. The van der Waals surface area contributed by atoms with Crippen LogP contribution >= 0.6 is 15.9 Å². The summed E-state index contributed by atoms with van der Waals surface area (Å²) in [4.78, 5) is 13.5. The fraction of sp³-hybridized carbons (Fsp3) is 0.300. The Hall–Kier alpha value is -2.07. The summed E-state index contributed by atoms with van der Waals surface area (Å²) in [5.74, 6) is -0.186. The molecule has 0 saturated carbocycles. The predicted molar refractivity (Wildman–Crippen MR) is 115 cm³/mol. The van der Waals surface area contributed by atoms with Crippen LogP contribution in [-0.2, 0) is 14.8 Å². The minimum Gasteiger partial charge on any atom is -0.325 e. The maximum Gasteiger partial charge on any atom is 0.295 e. The van der Waals surface area contributed by atoms with Crippen molar-refractivity contribution < 1.29 is 18.1 Å². The van der Waals surface area contributed by atoms with Crippen molar-refractivity contribution in [1.82, 2.24) is 9.73 Å². The lowest BCUT2D eigenvalue weighted by molar-refractivity contribution is -0.895. The van der Waals surface area contributed by atoms with Crippen LogP contribution in [0.5, 0.6) is 0 Å². The summed E-state index contributed by atoms with van der Waals surface area (Å²) in [5.41, 5.74) is 4.59. The van der Waals surface area contributed by atoms with Gasteiger partial charge in [-0.05, 0) is 42.3 Å². The minimum absolute atomic E-state index is 0.186. The molecule has 1 aliphatic rings. The number of halogens is 1. The van der Waals surface area contributed by atoms with Crippen molar-refractivity contribution >= 4 is 38.1 Å². The highest BCUT2D eigenvalue weighted by Gasteiger charge is 2.31. The lowest BCUT2D eigenvalue weighted by Crippen LogP contribution is -3.15. The first-order valence-corrected chi connectivity index (χ1v) is 11.6. The Balaban J connectivity index is 1.48. The number of nitrogens with one attached hydrogen (secondary N) is 2. The molecule has 0 aromatic heterocycles. The number of nitrogens with zero attached hydrogens (tertiary/aromatic N) is 2. The monoisotopic (exact) mass is 479 g/mol. The fourth-order valence-corrected chi connectivity index (χ4v) is 4.85. The first-order valence-electron chi connectivity index (χ1n) is 9.33. The molecule has 1 fully saturated rings. The third kappa shape index (κ3) is 5.72. The molecule has 2 aromatic carbocycles. The van der Waals surface area contributed by atoms with Crippen LogP contribution in [0.15, 0.2) is 63.0 Å². The molecule has 0 bridgehead atoms. The molecule has 1 amide bonds. The molecule has 0 aliphatic carbocycles. The second-order valence-electron chi connectivity index (χ2n) is 6.93. The maximum atomic E-state index is 12.7. The largest absolute Gasteiger partial charge is 0.325 e. The normalized spacial score (nSPS) is 16.2. The summed E-state index contributed by atoms with van der Waals surface area (Å²) in [6.45, 7) is 4.16. The van der Waals surface area contributed by atoms with E-state index in [1.807, 2.05) is 31.2 Å². The van der Waals surface area contributed by atoms with Crippen molar-refractivity contribution in [2.75, 3.05) is 32.7 Å². The van der Waals surface area contributed by atoms with Crippen LogP contribution in [0.4, 0.5) is 0 Å². The highest BCUT2D eigenvalue weighted by molar-refractivity contribution is 9.10. The van der Waals surface area contributed by atoms with Gasteiger partial charge >= 0.3 is 0 Å². The third-order valence-electron chi connectivity index (χ3n) is 4.87. The van der Waals surface area contributed by atoms with Gasteiger partial charge in [0.25, 0.3) is 5.91 Å². The van der Waals surface area contributed by atoms with Crippen LogP contribution in [-0.4, -0.2) is 57.6 Å². The van der Waals surface area contributed by atoms with E-state index in [2.05, 4.69) is 26.5 Å². The Morgan fingerprint density at radius 1 is 1.17 bits per heavy atom. The Labute approximate surface area is 179 Å². The van der Waals surface area contributed by atoms with Crippen molar-refractivity contribution in [3.8, 4) is 0 Å². The van der Waals surface area contributed by atoms with E-state index in [0.717, 1.165) is 20.5 Å². The minimum atomic E-state index is -3.50. The number of benzene rings is 2. The summed E-state index contributed by atoms with van der Waals surface area (Å²) in [7, 11) is -3.50. The number of sulfonamides is 1. The molecule has 7 nitrogen and oxygen atoms in total. The third-order valence-corrected chi connectivity index (χ3v) is 7.31. The van der Waals surface area contributed by atoms with E-state index in [1.165, 1.54) is 4.31 Å². The van der Waals surface area contributed by atoms with Crippen LogP contribution in [0, 0.1) is 6.92 Å². The summed E-state index contributed by atoms with van der Waals surface area (Å²) in [6.07, 6.45) is 1.63. The Morgan fingerprint density at radius 3 is 2.48 bits per heavy atom. The number of hydrogen-bond acceptors (Lipinski definition) is 4. The number of quaternary nitrogens is 1. The predicted octanol–water partition coefficient (Wildman–Crippen LogP) is 0.797. The van der Waals surface area contributed by atoms with Crippen molar-refractivity contribution in [3.05, 3.63) is 64.1 Å². The summed E-state index contributed by atoms with van der Waals surface area (Å²) in [5, 5.41) is 4.02. The van der Waals surface area contributed by atoms with Gasteiger partial charge in [-0.2, -0.15) is 9.41 Å². The Morgan fingerprint density at radius 2 is 1.83 bits per heavy atom. The van der Waals surface area contributed by atoms with E-state index in [-0.39, 0.29) is 17.3 Å². The first-order chi connectivity index (χ1) is 13.9. The van der Waals surface area contributed by atoms with Crippen LogP contribution in [0.1, 0.15) is 11.1 Å². The number of rotatable bonds is 6. The highest BCUT2D eigenvalue weighted by Crippen LogP contribution is 2.18. The number of hydrazone groups is 1.